The van der Waals surface area contributed by atoms with Gasteiger partial charge in [-0.05, 0) is 27.2 Å². The van der Waals surface area contributed by atoms with Gasteiger partial charge >= 0.3 is 0 Å². The number of nitrogens with one attached hydrogen (secondary N) is 2. The molecule has 6 nitrogen and oxygen atoms in total. The maximum atomic E-state index is 11.7. The number of rotatable bonds is 8. The van der Waals surface area contributed by atoms with E-state index >= 15 is 0 Å². The molecule has 0 saturated carbocycles. The number of carbonyl (C=O) groups excluding carboxylic acids is 1. The van der Waals surface area contributed by atoms with Crippen molar-refractivity contribution < 1.29 is 9.53 Å². The summed E-state index contributed by atoms with van der Waals surface area (Å²) in [5.41, 5.74) is 0. The smallest absolute Gasteiger partial charge is 0.233 e. The Morgan fingerprint density at radius 1 is 1.61 bits per heavy atom. The van der Waals surface area contributed by atoms with Crippen molar-refractivity contribution in [2.24, 2.45) is 0 Å². The van der Waals surface area contributed by atoms with Gasteiger partial charge in [0.2, 0.25) is 11.1 Å². The monoisotopic (exact) mass is 272 g/mol. The molecule has 0 fully saturated rings. The van der Waals surface area contributed by atoms with E-state index in [9.17, 15) is 4.79 Å². The molecule has 1 unspecified atom stereocenters. The molecule has 1 amide bonds. The summed E-state index contributed by atoms with van der Waals surface area (Å²) in [5.74, 6) is 0.751. The van der Waals surface area contributed by atoms with Crippen molar-refractivity contribution in [1.29, 1.82) is 0 Å². The van der Waals surface area contributed by atoms with Crippen molar-refractivity contribution in [2.75, 3.05) is 19.8 Å². The van der Waals surface area contributed by atoms with E-state index in [4.69, 9.17) is 4.74 Å². The maximum absolute atomic E-state index is 11.7. The van der Waals surface area contributed by atoms with Crippen LogP contribution >= 0.6 is 11.8 Å². The Kier molecular flexibility index (Phi) is 6.74. The molecule has 102 valence electrons. The number of aromatic nitrogens is 3. The van der Waals surface area contributed by atoms with Crippen LogP contribution in [0.3, 0.4) is 0 Å². The molecule has 1 aromatic heterocycles. The second kappa shape index (κ2) is 8.10. The quantitative estimate of drug-likeness (QED) is 0.548. The number of aromatic amines is 1. The highest BCUT2D eigenvalue weighted by molar-refractivity contribution is 8.00. The number of nitrogens with zero attached hydrogens (tertiary/aromatic N) is 2. The molecule has 1 heterocycles. The molecule has 0 aromatic carbocycles. The van der Waals surface area contributed by atoms with E-state index in [0.29, 0.717) is 24.9 Å². The van der Waals surface area contributed by atoms with Crippen molar-refractivity contribution in [3.8, 4) is 0 Å². The minimum absolute atomic E-state index is 0.000971. The fraction of sp³-hybridized carbons (Fsp3) is 0.727. The van der Waals surface area contributed by atoms with Crippen LogP contribution in [-0.4, -0.2) is 46.1 Å². The summed E-state index contributed by atoms with van der Waals surface area (Å²) < 4.78 is 5.19. The Bertz CT molecular complexity index is 370. The highest BCUT2D eigenvalue weighted by Crippen LogP contribution is 2.18. The van der Waals surface area contributed by atoms with Gasteiger partial charge in [-0.3, -0.25) is 9.89 Å². The van der Waals surface area contributed by atoms with Gasteiger partial charge in [-0.15, -0.1) is 5.10 Å². The zero-order chi connectivity index (χ0) is 13.4. The van der Waals surface area contributed by atoms with Crippen LogP contribution in [0.15, 0.2) is 5.16 Å². The highest BCUT2D eigenvalue weighted by atomic mass is 32.2. The fourth-order valence-electron chi connectivity index (χ4n) is 1.26. The van der Waals surface area contributed by atoms with Crippen LogP contribution in [0.1, 0.15) is 26.1 Å². The fourth-order valence-corrected chi connectivity index (χ4v) is 2.05. The summed E-state index contributed by atoms with van der Waals surface area (Å²) in [4.78, 5) is 15.9. The van der Waals surface area contributed by atoms with Gasteiger partial charge in [-0.25, -0.2) is 4.98 Å². The van der Waals surface area contributed by atoms with E-state index in [1.54, 1.807) is 0 Å². The summed E-state index contributed by atoms with van der Waals surface area (Å²) in [6.07, 6.45) is 0.830. The van der Waals surface area contributed by atoms with E-state index in [1.165, 1.54) is 11.8 Å². The van der Waals surface area contributed by atoms with Crippen LogP contribution in [0.4, 0.5) is 0 Å². The average molecular weight is 272 g/mol. The van der Waals surface area contributed by atoms with Crippen molar-refractivity contribution in [1.82, 2.24) is 20.5 Å². The molecule has 0 aliphatic rings. The summed E-state index contributed by atoms with van der Waals surface area (Å²) in [6.45, 7) is 7.65. The second-order valence-electron chi connectivity index (χ2n) is 3.80. The van der Waals surface area contributed by atoms with Crippen LogP contribution in [0.25, 0.3) is 0 Å². The van der Waals surface area contributed by atoms with Crippen LogP contribution in [0.2, 0.25) is 0 Å². The lowest BCUT2D eigenvalue weighted by Crippen LogP contribution is -2.32. The predicted molar refractivity (Wildman–Crippen MR) is 70.6 cm³/mol. The molecule has 0 aliphatic heterocycles. The van der Waals surface area contributed by atoms with Crippen LogP contribution in [0, 0.1) is 6.92 Å². The number of amides is 1. The lowest BCUT2D eigenvalue weighted by molar-refractivity contribution is -0.120. The number of hydrogen-bond donors (Lipinski definition) is 2. The third kappa shape index (κ3) is 5.50. The zero-order valence-corrected chi connectivity index (χ0v) is 11.8. The predicted octanol–water partition coefficient (Wildman–Crippen LogP) is 1.14. The van der Waals surface area contributed by atoms with Gasteiger partial charge in [0.05, 0.1) is 5.25 Å². The van der Waals surface area contributed by atoms with Gasteiger partial charge in [0, 0.05) is 19.8 Å². The summed E-state index contributed by atoms with van der Waals surface area (Å²) in [6, 6.07) is 0. The SMILES string of the molecule is CCOCCCNC(=O)C(C)Sc1n[nH]c(C)n1. The molecule has 18 heavy (non-hydrogen) atoms. The first-order valence-corrected chi connectivity index (χ1v) is 6.92. The van der Waals surface area contributed by atoms with E-state index in [1.807, 2.05) is 20.8 Å². The van der Waals surface area contributed by atoms with Crippen LogP contribution < -0.4 is 5.32 Å². The Morgan fingerprint density at radius 3 is 3.00 bits per heavy atom. The molecule has 7 heteroatoms. The molecular weight excluding hydrogens is 252 g/mol. The summed E-state index contributed by atoms with van der Waals surface area (Å²) in [7, 11) is 0. The molecule has 1 atom stereocenters. The first-order valence-electron chi connectivity index (χ1n) is 6.04. The lowest BCUT2D eigenvalue weighted by Gasteiger charge is -2.09. The second-order valence-corrected chi connectivity index (χ2v) is 5.11. The number of hydrogen-bond acceptors (Lipinski definition) is 5. The number of carbonyl (C=O) groups is 1. The van der Waals surface area contributed by atoms with E-state index in [2.05, 4.69) is 20.5 Å². The molecule has 0 radical (unpaired) electrons. The maximum Gasteiger partial charge on any atom is 0.233 e. The highest BCUT2D eigenvalue weighted by Gasteiger charge is 2.15. The van der Waals surface area contributed by atoms with Gasteiger partial charge in [0.25, 0.3) is 0 Å². The summed E-state index contributed by atoms with van der Waals surface area (Å²) >= 11 is 1.34. The largest absolute Gasteiger partial charge is 0.382 e. The van der Waals surface area contributed by atoms with Gasteiger partial charge in [-0.2, -0.15) is 0 Å². The first kappa shape index (κ1) is 15.0. The Hall–Kier alpha value is -1.08. The first-order chi connectivity index (χ1) is 8.63. The van der Waals surface area contributed by atoms with Gasteiger partial charge < -0.3 is 10.1 Å². The normalized spacial score (nSPS) is 12.4. The third-order valence-electron chi connectivity index (χ3n) is 2.20. The van der Waals surface area contributed by atoms with Gasteiger partial charge in [0.15, 0.2) is 0 Å². The standard InChI is InChI=1S/C11H20N4O2S/c1-4-17-7-5-6-12-10(16)8(2)18-11-13-9(3)14-15-11/h8H,4-7H2,1-3H3,(H,12,16)(H,13,14,15). The Labute approximate surface area is 111 Å². The molecule has 0 aliphatic carbocycles. The molecule has 0 saturated heterocycles. The minimum Gasteiger partial charge on any atom is -0.382 e. The number of ether oxygens (including phenoxy) is 1. The molecule has 0 bridgehead atoms. The Morgan fingerprint density at radius 2 is 2.39 bits per heavy atom. The Balaban J connectivity index is 2.20. The molecule has 1 rings (SSSR count). The van der Waals surface area contributed by atoms with Crippen molar-refractivity contribution in [3.63, 3.8) is 0 Å². The van der Waals surface area contributed by atoms with Crippen molar-refractivity contribution in [2.45, 2.75) is 37.6 Å². The lowest BCUT2D eigenvalue weighted by atomic mass is 10.4. The van der Waals surface area contributed by atoms with E-state index < -0.39 is 0 Å². The molecule has 2 N–H and O–H groups in total. The minimum atomic E-state index is -0.202. The van der Waals surface area contributed by atoms with E-state index in [0.717, 1.165) is 12.2 Å². The third-order valence-corrected chi connectivity index (χ3v) is 3.16. The molecule has 1 aromatic rings. The van der Waals surface area contributed by atoms with Crippen LogP contribution in [-0.2, 0) is 9.53 Å². The number of aryl methyl sites for hydroxylation is 1. The van der Waals surface area contributed by atoms with E-state index in [-0.39, 0.29) is 11.2 Å². The number of thioether (sulfide) groups is 1. The zero-order valence-electron chi connectivity index (χ0n) is 11.0. The van der Waals surface area contributed by atoms with Crippen molar-refractivity contribution >= 4 is 17.7 Å². The summed E-state index contributed by atoms with van der Waals surface area (Å²) in [5, 5.41) is 10.00. The van der Waals surface area contributed by atoms with Crippen LogP contribution in [0.5, 0.6) is 0 Å². The molecule has 0 spiro atoms. The molecular formula is C11H20N4O2S. The van der Waals surface area contributed by atoms with Crippen molar-refractivity contribution in [3.05, 3.63) is 5.82 Å². The van der Waals surface area contributed by atoms with Gasteiger partial charge in [-0.1, -0.05) is 11.8 Å². The van der Waals surface area contributed by atoms with Gasteiger partial charge in [0.1, 0.15) is 5.82 Å². The average Bonchev–Trinajstić information content (AvgIpc) is 2.74. The topological polar surface area (TPSA) is 79.9 Å². The number of H-pyrrole nitrogens is 1.